The second kappa shape index (κ2) is 3.72. The number of hydrogen-bond acceptors (Lipinski definition) is 4. The number of aromatic nitrogens is 1. The lowest BCUT2D eigenvalue weighted by atomic mass is 10.2. The Labute approximate surface area is 76.7 Å². The van der Waals surface area contributed by atoms with Gasteiger partial charge in [-0.1, -0.05) is 0 Å². The number of nitrogen functional groups attached to an aromatic ring is 1. The molecule has 1 unspecified atom stereocenters. The van der Waals surface area contributed by atoms with Crippen LogP contribution in [0.1, 0.15) is 11.8 Å². The summed E-state index contributed by atoms with van der Waals surface area (Å²) >= 11 is 0. The fourth-order valence-corrected chi connectivity index (χ4v) is 1.34. The van der Waals surface area contributed by atoms with Gasteiger partial charge in [-0.15, -0.1) is 0 Å². The summed E-state index contributed by atoms with van der Waals surface area (Å²) < 4.78 is 10.7. The van der Waals surface area contributed by atoms with E-state index in [0.29, 0.717) is 25.5 Å². The van der Waals surface area contributed by atoms with E-state index in [2.05, 4.69) is 4.98 Å². The Kier molecular flexibility index (Phi) is 2.42. The van der Waals surface area contributed by atoms with E-state index in [4.69, 9.17) is 15.2 Å². The Morgan fingerprint density at radius 2 is 2.38 bits per heavy atom. The van der Waals surface area contributed by atoms with Gasteiger partial charge in [0.1, 0.15) is 6.10 Å². The molecule has 1 aromatic rings. The quantitative estimate of drug-likeness (QED) is 0.693. The molecule has 1 saturated heterocycles. The van der Waals surface area contributed by atoms with Crippen LogP contribution in [0.4, 0.5) is 5.69 Å². The first kappa shape index (κ1) is 8.47. The van der Waals surface area contributed by atoms with Crippen molar-refractivity contribution in [2.75, 3.05) is 25.6 Å². The zero-order valence-corrected chi connectivity index (χ0v) is 7.27. The maximum Gasteiger partial charge on any atom is 0.125 e. The lowest BCUT2D eigenvalue weighted by Gasteiger charge is -2.23. The van der Waals surface area contributed by atoms with Gasteiger partial charge < -0.3 is 15.2 Å². The van der Waals surface area contributed by atoms with Crippen molar-refractivity contribution in [1.29, 1.82) is 0 Å². The van der Waals surface area contributed by atoms with Crippen LogP contribution in [0.3, 0.4) is 0 Å². The van der Waals surface area contributed by atoms with Crippen molar-refractivity contribution >= 4 is 5.69 Å². The highest BCUT2D eigenvalue weighted by Crippen LogP contribution is 2.22. The van der Waals surface area contributed by atoms with Crippen LogP contribution in [-0.4, -0.2) is 24.8 Å². The molecule has 0 amide bonds. The molecule has 2 rings (SSSR count). The predicted molar refractivity (Wildman–Crippen MR) is 48.2 cm³/mol. The van der Waals surface area contributed by atoms with E-state index in [1.54, 1.807) is 6.20 Å². The fourth-order valence-electron chi connectivity index (χ4n) is 1.34. The summed E-state index contributed by atoms with van der Waals surface area (Å²) in [6.07, 6.45) is 1.61. The number of anilines is 1. The monoisotopic (exact) mass is 180 g/mol. The van der Waals surface area contributed by atoms with Crippen molar-refractivity contribution < 1.29 is 9.47 Å². The van der Waals surface area contributed by atoms with Gasteiger partial charge in [0.05, 0.1) is 31.2 Å². The molecule has 13 heavy (non-hydrogen) atoms. The van der Waals surface area contributed by atoms with Gasteiger partial charge in [-0.25, -0.2) is 0 Å². The maximum atomic E-state index is 5.75. The molecule has 0 bridgehead atoms. The number of nitrogens with zero attached hydrogens (tertiary/aromatic N) is 1. The number of pyridine rings is 1. The second-order valence-corrected chi connectivity index (χ2v) is 2.91. The number of hydrogen-bond donors (Lipinski definition) is 1. The first-order valence-corrected chi connectivity index (χ1v) is 4.27. The lowest BCUT2D eigenvalue weighted by molar-refractivity contribution is -0.0914. The molecular formula is C9H12N2O2. The van der Waals surface area contributed by atoms with Crippen LogP contribution in [0.15, 0.2) is 18.3 Å². The van der Waals surface area contributed by atoms with Crippen LogP contribution in [0.25, 0.3) is 0 Å². The summed E-state index contributed by atoms with van der Waals surface area (Å²) in [6.45, 7) is 1.81. The van der Waals surface area contributed by atoms with E-state index < -0.39 is 0 Å². The Hall–Kier alpha value is -1.13. The zero-order chi connectivity index (χ0) is 9.10. The first-order chi connectivity index (χ1) is 6.38. The Morgan fingerprint density at radius 3 is 3.08 bits per heavy atom. The molecule has 70 valence electrons. The molecule has 0 saturated carbocycles. The van der Waals surface area contributed by atoms with E-state index in [0.717, 1.165) is 5.69 Å². The molecule has 1 aliphatic rings. The third-order valence-electron chi connectivity index (χ3n) is 1.99. The predicted octanol–water partition coefficient (Wildman–Crippen LogP) is 0.752. The first-order valence-electron chi connectivity index (χ1n) is 4.27. The molecule has 1 aromatic heterocycles. The third kappa shape index (κ3) is 1.79. The van der Waals surface area contributed by atoms with Crippen molar-refractivity contribution in [2.45, 2.75) is 6.10 Å². The van der Waals surface area contributed by atoms with Gasteiger partial charge in [0, 0.05) is 6.20 Å². The van der Waals surface area contributed by atoms with Gasteiger partial charge in [0.2, 0.25) is 0 Å². The van der Waals surface area contributed by atoms with Crippen molar-refractivity contribution in [1.82, 2.24) is 4.98 Å². The maximum absolute atomic E-state index is 5.75. The van der Waals surface area contributed by atoms with Crippen LogP contribution < -0.4 is 5.73 Å². The molecule has 2 N–H and O–H groups in total. The second-order valence-electron chi connectivity index (χ2n) is 2.91. The highest BCUT2D eigenvalue weighted by Gasteiger charge is 2.19. The summed E-state index contributed by atoms with van der Waals surface area (Å²) in [4.78, 5) is 4.17. The van der Waals surface area contributed by atoms with E-state index >= 15 is 0 Å². The molecule has 0 aliphatic carbocycles. The van der Waals surface area contributed by atoms with Crippen molar-refractivity contribution in [3.63, 3.8) is 0 Å². The van der Waals surface area contributed by atoms with Crippen LogP contribution in [-0.2, 0) is 9.47 Å². The average molecular weight is 180 g/mol. The SMILES string of the molecule is Nc1cccnc1C1COCCO1. The topological polar surface area (TPSA) is 57.4 Å². The summed E-state index contributed by atoms with van der Waals surface area (Å²) in [7, 11) is 0. The molecule has 4 heteroatoms. The van der Waals surface area contributed by atoms with Gasteiger partial charge in [0.25, 0.3) is 0 Å². The number of nitrogens with two attached hydrogens (primary N) is 1. The molecule has 0 aromatic carbocycles. The van der Waals surface area contributed by atoms with Gasteiger partial charge in [-0.3, -0.25) is 4.98 Å². The Bertz CT molecular complexity index is 285. The minimum Gasteiger partial charge on any atom is -0.397 e. The van der Waals surface area contributed by atoms with Gasteiger partial charge in [0.15, 0.2) is 0 Å². The molecule has 1 fully saturated rings. The molecule has 2 heterocycles. The summed E-state index contributed by atoms with van der Waals surface area (Å²) in [6, 6.07) is 3.63. The normalized spacial score (nSPS) is 22.9. The molecule has 0 spiro atoms. The largest absolute Gasteiger partial charge is 0.397 e. The minimum atomic E-state index is -0.102. The van der Waals surface area contributed by atoms with E-state index in [1.807, 2.05) is 12.1 Å². The molecule has 4 nitrogen and oxygen atoms in total. The van der Waals surface area contributed by atoms with Crippen molar-refractivity contribution in [3.05, 3.63) is 24.0 Å². The van der Waals surface area contributed by atoms with Crippen LogP contribution >= 0.6 is 0 Å². The third-order valence-corrected chi connectivity index (χ3v) is 1.99. The van der Waals surface area contributed by atoms with Crippen LogP contribution in [0, 0.1) is 0 Å². The molecule has 1 atom stereocenters. The summed E-state index contributed by atoms with van der Waals surface area (Å²) in [5, 5.41) is 0. The van der Waals surface area contributed by atoms with E-state index in [-0.39, 0.29) is 6.10 Å². The fraction of sp³-hybridized carbons (Fsp3) is 0.444. The molecular weight excluding hydrogens is 168 g/mol. The summed E-state index contributed by atoms with van der Waals surface area (Å²) in [5.74, 6) is 0. The van der Waals surface area contributed by atoms with Gasteiger partial charge >= 0.3 is 0 Å². The van der Waals surface area contributed by atoms with Crippen molar-refractivity contribution in [3.8, 4) is 0 Å². The standard InChI is InChI=1S/C9H12N2O2/c10-7-2-1-3-11-9(7)8-6-12-4-5-13-8/h1-3,8H,4-6,10H2. The minimum absolute atomic E-state index is 0.102. The van der Waals surface area contributed by atoms with Gasteiger partial charge in [-0.05, 0) is 12.1 Å². The summed E-state index contributed by atoms with van der Waals surface area (Å²) in [5.41, 5.74) is 7.20. The van der Waals surface area contributed by atoms with Gasteiger partial charge in [-0.2, -0.15) is 0 Å². The van der Waals surface area contributed by atoms with E-state index in [9.17, 15) is 0 Å². The smallest absolute Gasteiger partial charge is 0.125 e. The highest BCUT2D eigenvalue weighted by atomic mass is 16.6. The zero-order valence-electron chi connectivity index (χ0n) is 7.27. The molecule has 0 radical (unpaired) electrons. The van der Waals surface area contributed by atoms with Crippen LogP contribution in [0.5, 0.6) is 0 Å². The van der Waals surface area contributed by atoms with Crippen LogP contribution in [0.2, 0.25) is 0 Å². The number of ether oxygens (including phenoxy) is 2. The number of rotatable bonds is 1. The Morgan fingerprint density at radius 1 is 1.46 bits per heavy atom. The average Bonchev–Trinajstić information content (AvgIpc) is 2.20. The highest BCUT2D eigenvalue weighted by molar-refractivity contribution is 5.43. The molecule has 1 aliphatic heterocycles. The van der Waals surface area contributed by atoms with Crippen molar-refractivity contribution in [2.24, 2.45) is 0 Å². The van der Waals surface area contributed by atoms with E-state index in [1.165, 1.54) is 0 Å². The Balaban J connectivity index is 2.18. The lowest BCUT2D eigenvalue weighted by Crippen LogP contribution is -2.23.